The highest BCUT2D eigenvalue weighted by atomic mass is 32.2. The number of thiophene rings is 1. The van der Waals surface area contributed by atoms with Crippen LogP contribution in [0, 0.1) is 0 Å². The number of aliphatic hydroxyl groups excluding tert-OH is 1. The summed E-state index contributed by atoms with van der Waals surface area (Å²) in [4.78, 5) is 0.998. The first-order valence-corrected chi connectivity index (χ1v) is 9.06. The van der Waals surface area contributed by atoms with E-state index in [1.54, 1.807) is 15.8 Å². The molecule has 0 aliphatic heterocycles. The minimum absolute atomic E-state index is 0.107. The van der Waals surface area contributed by atoms with E-state index in [-0.39, 0.29) is 6.61 Å². The molecular formula is C13H23NO3S2. The average molecular weight is 305 g/mol. The van der Waals surface area contributed by atoms with Crippen molar-refractivity contribution in [3.63, 3.8) is 0 Å². The molecule has 0 atom stereocenters. The summed E-state index contributed by atoms with van der Waals surface area (Å²) in [5.74, 6) is 0. The van der Waals surface area contributed by atoms with Gasteiger partial charge in [0.1, 0.15) is 0 Å². The number of rotatable bonds is 9. The summed E-state index contributed by atoms with van der Waals surface area (Å²) in [6.45, 7) is 5.15. The lowest BCUT2D eigenvalue weighted by Crippen LogP contribution is -2.32. The topological polar surface area (TPSA) is 57.6 Å². The van der Waals surface area contributed by atoms with E-state index in [2.05, 4.69) is 13.8 Å². The molecule has 1 aromatic heterocycles. The van der Waals surface area contributed by atoms with Gasteiger partial charge in [-0.15, -0.1) is 11.3 Å². The van der Waals surface area contributed by atoms with Gasteiger partial charge < -0.3 is 5.11 Å². The Morgan fingerprint density at radius 1 is 1.21 bits per heavy atom. The molecule has 6 heteroatoms. The van der Waals surface area contributed by atoms with Gasteiger partial charge in [-0.1, -0.05) is 26.7 Å². The first-order valence-electron chi connectivity index (χ1n) is 6.74. The second-order valence-corrected chi connectivity index (χ2v) is 7.45. The van der Waals surface area contributed by atoms with E-state index in [0.29, 0.717) is 22.9 Å². The smallest absolute Gasteiger partial charge is 0.243 e. The molecule has 1 rings (SSSR count). The van der Waals surface area contributed by atoms with E-state index in [0.717, 1.165) is 25.7 Å². The molecule has 0 fully saturated rings. The van der Waals surface area contributed by atoms with Crippen LogP contribution in [-0.2, 0) is 16.6 Å². The molecule has 0 bridgehead atoms. The molecular weight excluding hydrogens is 282 g/mol. The number of sulfonamides is 1. The Balaban J connectivity index is 2.90. The van der Waals surface area contributed by atoms with Crippen LogP contribution in [0.4, 0.5) is 0 Å². The van der Waals surface area contributed by atoms with Gasteiger partial charge in [0.25, 0.3) is 0 Å². The highest BCUT2D eigenvalue weighted by Gasteiger charge is 2.24. The predicted molar refractivity (Wildman–Crippen MR) is 78.8 cm³/mol. The summed E-state index contributed by atoms with van der Waals surface area (Å²) >= 11 is 1.29. The largest absolute Gasteiger partial charge is 0.391 e. The summed E-state index contributed by atoms with van der Waals surface area (Å²) in [6.07, 6.45) is 3.70. The summed E-state index contributed by atoms with van der Waals surface area (Å²) in [5.41, 5.74) is 0. The van der Waals surface area contributed by atoms with E-state index in [4.69, 9.17) is 5.11 Å². The Hall–Kier alpha value is -0.430. The lowest BCUT2D eigenvalue weighted by atomic mass is 10.3. The monoisotopic (exact) mass is 305 g/mol. The van der Waals surface area contributed by atoms with Crippen LogP contribution in [0.1, 0.15) is 44.4 Å². The second-order valence-electron chi connectivity index (χ2n) is 4.52. The third-order valence-electron chi connectivity index (χ3n) is 2.95. The zero-order valence-electron chi connectivity index (χ0n) is 11.6. The molecule has 0 aliphatic carbocycles. The zero-order chi connectivity index (χ0) is 14.3. The maximum atomic E-state index is 12.5. The van der Waals surface area contributed by atoms with Crippen molar-refractivity contribution >= 4 is 21.4 Å². The third-order valence-corrected chi connectivity index (χ3v) is 5.89. The van der Waals surface area contributed by atoms with Crippen molar-refractivity contribution in [2.75, 3.05) is 13.1 Å². The molecule has 0 unspecified atom stereocenters. The molecule has 1 aromatic rings. The van der Waals surface area contributed by atoms with Crippen molar-refractivity contribution in [3.8, 4) is 0 Å². The fourth-order valence-corrected chi connectivity index (χ4v) is 4.39. The quantitative estimate of drug-likeness (QED) is 0.763. The van der Waals surface area contributed by atoms with E-state index in [1.165, 1.54) is 11.3 Å². The van der Waals surface area contributed by atoms with Gasteiger partial charge >= 0.3 is 0 Å². The molecule has 1 N–H and O–H groups in total. The van der Waals surface area contributed by atoms with Crippen molar-refractivity contribution < 1.29 is 13.5 Å². The lowest BCUT2D eigenvalue weighted by Gasteiger charge is -2.21. The van der Waals surface area contributed by atoms with Gasteiger partial charge in [-0.2, -0.15) is 4.31 Å². The Bertz CT molecular complexity index is 460. The van der Waals surface area contributed by atoms with E-state index >= 15 is 0 Å². The number of unbranched alkanes of at least 4 members (excludes halogenated alkanes) is 2. The summed E-state index contributed by atoms with van der Waals surface area (Å²) in [6, 6.07) is 1.57. The molecule has 0 amide bonds. The average Bonchev–Trinajstić information content (AvgIpc) is 2.88. The van der Waals surface area contributed by atoms with Crippen LogP contribution in [0.2, 0.25) is 0 Å². The SMILES string of the molecule is CCCCN(CCCC)S(=O)(=O)c1csc(CO)c1. The molecule has 0 spiro atoms. The number of nitrogens with zero attached hydrogens (tertiary/aromatic N) is 1. The predicted octanol–water partition coefficient (Wildman–Crippen LogP) is 2.83. The molecule has 4 nitrogen and oxygen atoms in total. The summed E-state index contributed by atoms with van der Waals surface area (Å²) in [5, 5.41) is 10.7. The minimum Gasteiger partial charge on any atom is -0.391 e. The van der Waals surface area contributed by atoms with Crippen LogP contribution in [0.15, 0.2) is 16.3 Å². The van der Waals surface area contributed by atoms with Gasteiger partial charge in [0.15, 0.2) is 0 Å². The highest BCUT2D eigenvalue weighted by molar-refractivity contribution is 7.89. The lowest BCUT2D eigenvalue weighted by molar-refractivity contribution is 0.285. The standard InChI is InChI=1S/C13H23NO3S2/c1-3-5-7-14(8-6-4-2)19(16,17)13-9-12(10-15)18-11-13/h9,11,15H,3-8,10H2,1-2H3. The summed E-state index contributed by atoms with van der Waals surface area (Å²) in [7, 11) is -3.40. The molecule has 0 saturated heterocycles. The fraction of sp³-hybridized carbons (Fsp3) is 0.692. The molecule has 0 saturated carbocycles. The van der Waals surface area contributed by atoms with Crippen LogP contribution in [0.3, 0.4) is 0 Å². The van der Waals surface area contributed by atoms with Gasteiger partial charge in [0, 0.05) is 23.3 Å². The molecule has 1 heterocycles. The van der Waals surface area contributed by atoms with Gasteiger partial charge in [0.2, 0.25) is 10.0 Å². The first-order chi connectivity index (χ1) is 9.06. The first kappa shape index (κ1) is 16.6. The van der Waals surface area contributed by atoms with Gasteiger partial charge in [-0.3, -0.25) is 0 Å². The second kappa shape index (κ2) is 7.99. The summed E-state index contributed by atoms with van der Waals surface area (Å²) < 4.78 is 26.6. The van der Waals surface area contributed by atoms with Crippen LogP contribution in [0.25, 0.3) is 0 Å². The normalized spacial score (nSPS) is 12.2. The molecule has 0 aliphatic rings. The Morgan fingerprint density at radius 2 is 1.79 bits per heavy atom. The maximum Gasteiger partial charge on any atom is 0.243 e. The third kappa shape index (κ3) is 4.56. The van der Waals surface area contributed by atoms with Crippen LogP contribution >= 0.6 is 11.3 Å². The number of hydrogen-bond acceptors (Lipinski definition) is 4. The van der Waals surface area contributed by atoms with Crippen molar-refractivity contribution in [2.45, 2.75) is 51.0 Å². The van der Waals surface area contributed by atoms with Crippen LogP contribution < -0.4 is 0 Å². The van der Waals surface area contributed by atoms with E-state index < -0.39 is 10.0 Å². The Kier molecular flexibility index (Phi) is 6.99. The number of aliphatic hydroxyl groups is 1. The van der Waals surface area contributed by atoms with Crippen molar-refractivity contribution in [3.05, 3.63) is 16.3 Å². The van der Waals surface area contributed by atoms with Gasteiger partial charge in [-0.25, -0.2) is 8.42 Å². The highest BCUT2D eigenvalue weighted by Crippen LogP contribution is 2.23. The van der Waals surface area contributed by atoms with Crippen LogP contribution in [0.5, 0.6) is 0 Å². The fourth-order valence-electron chi connectivity index (χ4n) is 1.75. The number of hydrogen-bond donors (Lipinski definition) is 1. The van der Waals surface area contributed by atoms with Crippen molar-refractivity contribution in [1.29, 1.82) is 0 Å². The van der Waals surface area contributed by atoms with Crippen molar-refractivity contribution in [2.24, 2.45) is 0 Å². The molecule has 110 valence electrons. The Labute approximate surface area is 120 Å². The minimum atomic E-state index is -3.40. The molecule has 19 heavy (non-hydrogen) atoms. The van der Waals surface area contributed by atoms with Crippen molar-refractivity contribution in [1.82, 2.24) is 4.31 Å². The van der Waals surface area contributed by atoms with Crippen LogP contribution in [-0.4, -0.2) is 30.9 Å². The maximum absolute atomic E-state index is 12.5. The Morgan fingerprint density at radius 3 is 2.21 bits per heavy atom. The van der Waals surface area contributed by atoms with E-state index in [9.17, 15) is 8.42 Å². The molecule has 0 aromatic carbocycles. The van der Waals surface area contributed by atoms with Gasteiger partial charge in [0.05, 0.1) is 11.5 Å². The van der Waals surface area contributed by atoms with E-state index in [1.807, 2.05) is 0 Å². The van der Waals surface area contributed by atoms with Gasteiger partial charge in [-0.05, 0) is 18.9 Å². The molecule has 0 radical (unpaired) electrons. The zero-order valence-corrected chi connectivity index (χ0v) is 13.3.